The van der Waals surface area contributed by atoms with Crippen LogP contribution in [0.25, 0.3) is 22.3 Å². The first-order valence-corrected chi connectivity index (χ1v) is 11.0. The molecule has 1 saturated carbocycles. The molecular formula is C23H25FN8O2. The van der Waals surface area contributed by atoms with Gasteiger partial charge < -0.3 is 15.6 Å². The lowest BCUT2D eigenvalue weighted by Gasteiger charge is -2.25. The predicted octanol–water partition coefficient (Wildman–Crippen LogP) is 4.87. The number of nitrogen functional groups attached to an aromatic ring is 1. The number of nitrogens with two attached hydrogens (primary N) is 1. The molecule has 1 aliphatic rings. The molecule has 0 atom stereocenters. The standard InChI is InChI=1S/C23H25FN8O2/c1-23(2,3)16-10-17(34-31-16)29-22(33)28-15-8-7-12(9-14(15)24)19-18-20(25)26-11-27-21(18)32(30-19)13-5-4-6-13/h7-11,13H,4-6H2,1-3H3,(H2,25,26,27)(H2,28,29,33). The highest BCUT2D eigenvalue weighted by molar-refractivity contribution is 6.00. The number of amides is 2. The van der Waals surface area contributed by atoms with E-state index in [-0.39, 0.29) is 28.8 Å². The van der Waals surface area contributed by atoms with E-state index >= 15 is 0 Å². The molecule has 5 rings (SSSR count). The van der Waals surface area contributed by atoms with Gasteiger partial charge in [-0.15, -0.1) is 0 Å². The number of benzene rings is 1. The molecule has 0 aliphatic heterocycles. The van der Waals surface area contributed by atoms with E-state index in [0.29, 0.717) is 28.0 Å². The summed E-state index contributed by atoms with van der Waals surface area (Å²) < 4.78 is 22.0. The van der Waals surface area contributed by atoms with Crippen LogP contribution in [0.2, 0.25) is 0 Å². The van der Waals surface area contributed by atoms with Crippen molar-refractivity contribution >= 4 is 34.5 Å². The molecule has 10 nitrogen and oxygen atoms in total. The molecule has 34 heavy (non-hydrogen) atoms. The van der Waals surface area contributed by atoms with Gasteiger partial charge in [0.25, 0.3) is 0 Å². The molecular weight excluding hydrogens is 439 g/mol. The van der Waals surface area contributed by atoms with Crippen molar-refractivity contribution in [3.63, 3.8) is 0 Å². The lowest BCUT2D eigenvalue weighted by atomic mass is 9.92. The van der Waals surface area contributed by atoms with Crippen LogP contribution in [-0.4, -0.2) is 30.9 Å². The van der Waals surface area contributed by atoms with E-state index in [9.17, 15) is 9.18 Å². The van der Waals surface area contributed by atoms with Crippen LogP contribution >= 0.6 is 0 Å². The second-order valence-corrected chi connectivity index (χ2v) is 9.44. The van der Waals surface area contributed by atoms with Gasteiger partial charge in [-0.2, -0.15) is 5.10 Å². The molecule has 1 aromatic carbocycles. The van der Waals surface area contributed by atoms with Crippen molar-refractivity contribution in [2.75, 3.05) is 16.4 Å². The lowest BCUT2D eigenvalue weighted by molar-refractivity contribution is 0.261. The van der Waals surface area contributed by atoms with Crippen LogP contribution in [0.5, 0.6) is 0 Å². The maximum absolute atomic E-state index is 15.0. The Morgan fingerprint density at radius 1 is 1.21 bits per heavy atom. The Morgan fingerprint density at radius 2 is 2.00 bits per heavy atom. The predicted molar refractivity (Wildman–Crippen MR) is 126 cm³/mol. The molecule has 1 aliphatic carbocycles. The largest absolute Gasteiger partial charge is 0.383 e. The van der Waals surface area contributed by atoms with E-state index in [4.69, 9.17) is 15.4 Å². The van der Waals surface area contributed by atoms with Crippen LogP contribution in [0.15, 0.2) is 35.1 Å². The molecule has 2 amide bonds. The fourth-order valence-electron chi connectivity index (χ4n) is 3.80. The molecule has 0 unspecified atom stereocenters. The normalized spacial score (nSPS) is 14.2. The van der Waals surface area contributed by atoms with E-state index < -0.39 is 11.8 Å². The minimum Gasteiger partial charge on any atom is -0.383 e. The zero-order valence-corrected chi connectivity index (χ0v) is 19.1. The van der Waals surface area contributed by atoms with Crippen molar-refractivity contribution < 1.29 is 13.7 Å². The van der Waals surface area contributed by atoms with E-state index in [1.54, 1.807) is 12.1 Å². The van der Waals surface area contributed by atoms with Gasteiger partial charge in [0.05, 0.1) is 22.8 Å². The van der Waals surface area contributed by atoms with Gasteiger partial charge in [-0.3, -0.25) is 5.32 Å². The van der Waals surface area contributed by atoms with Gasteiger partial charge in [-0.25, -0.2) is 23.8 Å². The van der Waals surface area contributed by atoms with Crippen molar-refractivity contribution in [1.29, 1.82) is 0 Å². The van der Waals surface area contributed by atoms with E-state index in [1.165, 1.54) is 18.5 Å². The number of hydrogen-bond donors (Lipinski definition) is 3. The maximum Gasteiger partial charge on any atom is 0.326 e. The minimum atomic E-state index is -0.652. The molecule has 0 spiro atoms. The third kappa shape index (κ3) is 3.93. The Bertz CT molecular complexity index is 1380. The molecule has 1 fully saturated rings. The highest BCUT2D eigenvalue weighted by Gasteiger charge is 2.26. The zero-order chi connectivity index (χ0) is 24.0. The number of hydrogen-bond acceptors (Lipinski definition) is 7. The SMILES string of the molecule is CC(C)(C)c1cc(NC(=O)Nc2ccc(-c3nn(C4CCC4)c4ncnc(N)c34)cc2F)on1. The van der Waals surface area contributed by atoms with E-state index in [1.807, 2.05) is 25.5 Å². The average Bonchev–Trinajstić information content (AvgIpc) is 3.34. The Balaban J connectivity index is 1.39. The molecule has 0 bridgehead atoms. The van der Waals surface area contributed by atoms with Crippen molar-refractivity contribution in [2.45, 2.75) is 51.5 Å². The van der Waals surface area contributed by atoms with Crippen LogP contribution < -0.4 is 16.4 Å². The third-order valence-electron chi connectivity index (χ3n) is 5.94. The number of anilines is 3. The van der Waals surface area contributed by atoms with Gasteiger partial charge in [-0.05, 0) is 31.4 Å². The number of rotatable bonds is 4. The summed E-state index contributed by atoms with van der Waals surface area (Å²) in [4.78, 5) is 20.8. The Labute approximate surface area is 194 Å². The molecule has 11 heteroatoms. The summed E-state index contributed by atoms with van der Waals surface area (Å²) >= 11 is 0. The van der Waals surface area contributed by atoms with Crippen molar-refractivity contribution in [3.05, 3.63) is 42.1 Å². The van der Waals surface area contributed by atoms with Crippen LogP contribution in [-0.2, 0) is 5.41 Å². The number of carbonyl (C=O) groups excluding carboxylic acids is 1. The number of aromatic nitrogens is 5. The first kappa shape index (κ1) is 21.8. The Hall–Kier alpha value is -4.02. The smallest absolute Gasteiger partial charge is 0.326 e. The maximum atomic E-state index is 15.0. The van der Waals surface area contributed by atoms with E-state index in [0.717, 1.165) is 19.3 Å². The molecule has 176 valence electrons. The minimum absolute atomic E-state index is 0.00348. The van der Waals surface area contributed by atoms with Crippen LogP contribution in [0.1, 0.15) is 51.8 Å². The van der Waals surface area contributed by atoms with Gasteiger partial charge in [-0.1, -0.05) is 32.0 Å². The summed E-state index contributed by atoms with van der Waals surface area (Å²) in [7, 11) is 0. The number of fused-ring (bicyclic) bond motifs is 1. The van der Waals surface area contributed by atoms with Crippen LogP contribution in [0, 0.1) is 5.82 Å². The van der Waals surface area contributed by atoms with Gasteiger partial charge in [0.15, 0.2) is 5.65 Å². The van der Waals surface area contributed by atoms with Gasteiger partial charge in [0.1, 0.15) is 23.7 Å². The number of urea groups is 1. The summed E-state index contributed by atoms with van der Waals surface area (Å²) in [5, 5.41) is 14.2. The van der Waals surface area contributed by atoms with Crippen molar-refractivity contribution in [2.24, 2.45) is 0 Å². The highest BCUT2D eigenvalue weighted by Crippen LogP contribution is 2.38. The fourth-order valence-corrected chi connectivity index (χ4v) is 3.80. The second kappa shape index (κ2) is 8.08. The Kier molecular flexibility index (Phi) is 5.18. The highest BCUT2D eigenvalue weighted by atomic mass is 19.1. The molecule has 0 radical (unpaired) electrons. The number of nitrogens with zero attached hydrogens (tertiary/aromatic N) is 5. The summed E-state index contributed by atoms with van der Waals surface area (Å²) in [6.07, 6.45) is 4.55. The van der Waals surface area contributed by atoms with Crippen molar-refractivity contribution in [3.8, 4) is 11.3 Å². The topological polar surface area (TPSA) is 137 Å². The summed E-state index contributed by atoms with van der Waals surface area (Å²) in [5.74, 6) is -0.167. The quantitative estimate of drug-likeness (QED) is 0.392. The van der Waals surface area contributed by atoms with Gasteiger partial charge >= 0.3 is 6.03 Å². The molecule has 4 aromatic rings. The summed E-state index contributed by atoms with van der Waals surface area (Å²) in [5.41, 5.74) is 8.24. The van der Waals surface area contributed by atoms with Crippen molar-refractivity contribution in [1.82, 2.24) is 24.9 Å². The van der Waals surface area contributed by atoms with E-state index in [2.05, 4.69) is 25.8 Å². The summed E-state index contributed by atoms with van der Waals surface area (Å²) in [6, 6.07) is 5.68. The van der Waals surface area contributed by atoms with Crippen LogP contribution in [0.4, 0.5) is 26.6 Å². The lowest BCUT2D eigenvalue weighted by Crippen LogP contribution is -2.20. The molecule has 0 saturated heterocycles. The monoisotopic (exact) mass is 464 g/mol. The van der Waals surface area contributed by atoms with Gasteiger partial charge in [0, 0.05) is 17.0 Å². The Morgan fingerprint density at radius 3 is 2.65 bits per heavy atom. The first-order valence-electron chi connectivity index (χ1n) is 11.0. The molecule has 4 N–H and O–H groups in total. The average molecular weight is 465 g/mol. The second-order valence-electron chi connectivity index (χ2n) is 9.44. The third-order valence-corrected chi connectivity index (χ3v) is 5.94. The van der Waals surface area contributed by atoms with Gasteiger partial charge in [0.2, 0.25) is 5.88 Å². The fraction of sp³-hybridized carbons (Fsp3) is 0.348. The van der Waals surface area contributed by atoms with Crippen LogP contribution in [0.3, 0.4) is 0 Å². The summed E-state index contributed by atoms with van der Waals surface area (Å²) in [6.45, 7) is 5.93. The molecule has 3 heterocycles. The number of halogens is 1. The number of carbonyl (C=O) groups is 1. The zero-order valence-electron chi connectivity index (χ0n) is 19.1. The number of nitrogens with one attached hydrogen (secondary N) is 2. The molecule has 3 aromatic heterocycles. The first-order chi connectivity index (χ1) is 16.2.